The Balaban J connectivity index is 2.34. The van der Waals surface area contributed by atoms with E-state index in [0.29, 0.717) is 6.08 Å². The predicted molar refractivity (Wildman–Crippen MR) is 98.0 cm³/mol. The summed E-state index contributed by atoms with van der Waals surface area (Å²) in [6, 6.07) is 7.93. The van der Waals surface area contributed by atoms with Gasteiger partial charge < -0.3 is 10.2 Å². The molecule has 0 unspecified atom stereocenters. The fourth-order valence-corrected chi connectivity index (χ4v) is 3.27. The molecule has 0 saturated heterocycles. The van der Waals surface area contributed by atoms with E-state index in [2.05, 4.69) is 4.72 Å². The number of carbonyl (C=O) groups excluding carboxylic acids is 1. The van der Waals surface area contributed by atoms with Crippen molar-refractivity contribution in [2.75, 3.05) is 4.72 Å². The number of nitrogens with zero attached hydrogens (tertiary/aromatic N) is 1. The minimum absolute atomic E-state index is 0.0633. The Hall–Kier alpha value is -3.44. The van der Waals surface area contributed by atoms with Crippen molar-refractivity contribution in [3.63, 3.8) is 0 Å². The van der Waals surface area contributed by atoms with Crippen LogP contribution in [0.4, 0.5) is 11.4 Å². The molecule has 0 aliphatic carbocycles. The average molecular weight is 427 g/mol. The van der Waals surface area contributed by atoms with Gasteiger partial charge in [0.25, 0.3) is 15.7 Å². The molecule has 0 heterocycles. The first kappa shape index (κ1) is 20.9. The van der Waals surface area contributed by atoms with Crippen LogP contribution < -0.4 is 4.72 Å². The number of carboxylic acids is 1. The number of hydrogen-bond acceptors (Lipinski definition) is 7. The summed E-state index contributed by atoms with van der Waals surface area (Å²) in [6.45, 7) is 0. The van der Waals surface area contributed by atoms with Gasteiger partial charge in [0, 0.05) is 23.4 Å². The van der Waals surface area contributed by atoms with Crippen molar-refractivity contribution < 1.29 is 33.1 Å². The topological polar surface area (TPSA) is 164 Å². The second-order valence-corrected chi connectivity index (χ2v) is 7.35. The zero-order valence-corrected chi connectivity index (χ0v) is 15.3. The van der Waals surface area contributed by atoms with Gasteiger partial charge in [-0.15, -0.1) is 0 Å². The molecule has 0 aliphatic rings. The number of ketones is 1. The van der Waals surface area contributed by atoms with Crippen molar-refractivity contribution in [3.8, 4) is 0 Å². The lowest BCUT2D eigenvalue weighted by Crippen LogP contribution is -2.13. The van der Waals surface area contributed by atoms with E-state index in [-0.39, 0.29) is 16.3 Å². The summed E-state index contributed by atoms with van der Waals surface area (Å²) in [5.41, 5.74) is -0.760. The number of allylic oxidation sites excluding steroid dienone is 1. The molecule has 0 aliphatic heterocycles. The molecule has 2 rings (SSSR count). The Morgan fingerprint density at radius 3 is 2.43 bits per heavy atom. The third-order valence-electron chi connectivity index (χ3n) is 3.31. The van der Waals surface area contributed by atoms with Gasteiger partial charge in [0.2, 0.25) is 5.76 Å². The highest BCUT2D eigenvalue weighted by Gasteiger charge is 2.21. The molecule has 12 heteroatoms. The van der Waals surface area contributed by atoms with Crippen molar-refractivity contribution in [2.24, 2.45) is 0 Å². The number of hydrogen-bond donors (Lipinski definition) is 3. The molecule has 2 aromatic rings. The number of nitro benzene ring substituents is 1. The van der Waals surface area contributed by atoms with E-state index >= 15 is 0 Å². The van der Waals surface area contributed by atoms with E-state index in [0.717, 1.165) is 24.3 Å². The summed E-state index contributed by atoms with van der Waals surface area (Å²) in [5.74, 6) is -3.75. The van der Waals surface area contributed by atoms with Crippen LogP contribution in [0, 0.1) is 10.1 Å². The molecule has 0 saturated carbocycles. The fraction of sp³-hybridized carbons (Fsp3) is 0. The van der Waals surface area contributed by atoms with Gasteiger partial charge in [-0.3, -0.25) is 19.6 Å². The van der Waals surface area contributed by atoms with Crippen LogP contribution >= 0.6 is 11.6 Å². The highest BCUT2D eigenvalue weighted by Crippen LogP contribution is 2.28. The van der Waals surface area contributed by atoms with Crippen LogP contribution in [0.3, 0.4) is 0 Å². The molecule has 0 spiro atoms. The first-order valence-electron chi connectivity index (χ1n) is 7.26. The third-order valence-corrected chi connectivity index (χ3v) is 5.01. The van der Waals surface area contributed by atoms with Gasteiger partial charge >= 0.3 is 5.97 Å². The summed E-state index contributed by atoms with van der Waals surface area (Å²) < 4.78 is 27.0. The number of aliphatic carboxylic acids is 1. The minimum atomic E-state index is -4.25. The van der Waals surface area contributed by atoms with Gasteiger partial charge in [-0.2, -0.15) is 0 Å². The van der Waals surface area contributed by atoms with E-state index < -0.39 is 43.0 Å². The van der Waals surface area contributed by atoms with Crippen molar-refractivity contribution in [1.82, 2.24) is 0 Å². The predicted octanol–water partition coefficient (Wildman–Crippen LogP) is 2.76. The highest BCUT2D eigenvalue weighted by molar-refractivity contribution is 7.92. The second-order valence-electron chi connectivity index (χ2n) is 5.26. The normalized spacial score (nSPS) is 11.7. The first-order chi connectivity index (χ1) is 13.0. The first-order valence-corrected chi connectivity index (χ1v) is 9.12. The number of sulfonamides is 1. The van der Waals surface area contributed by atoms with Crippen LogP contribution in [0.1, 0.15) is 10.4 Å². The highest BCUT2D eigenvalue weighted by atomic mass is 35.5. The monoisotopic (exact) mass is 426 g/mol. The Bertz CT molecular complexity index is 1110. The van der Waals surface area contributed by atoms with E-state index in [9.17, 15) is 28.1 Å². The number of nitrogens with one attached hydrogen (secondary N) is 1. The van der Waals surface area contributed by atoms with Crippen LogP contribution in [-0.2, 0) is 14.8 Å². The lowest BCUT2D eigenvalue weighted by Gasteiger charge is -2.09. The number of nitro groups is 1. The van der Waals surface area contributed by atoms with E-state index in [1.165, 1.54) is 18.2 Å². The molecule has 28 heavy (non-hydrogen) atoms. The molecule has 0 aromatic heterocycles. The van der Waals surface area contributed by atoms with Crippen LogP contribution in [0.25, 0.3) is 0 Å². The smallest absolute Gasteiger partial charge is 0.371 e. The van der Waals surface area contributed by atoms with Gasteiger partial charge in [0.1, 0.15) is 5.02 Å². The van der Waals surface area contributed by atoms with Crippen LogP contribution in [0.2, 0.25) is 5.02 Å². The van der Waals surface area contributed by atoms with Crippen molar-refractivity contribution >= 4 is 44.8 Å². The zero-order chi connectivity index (χ0) is 21.1. The van der Waals surface area contributed by atoms with Crippen molar-refractivity contribution in [2.45, 2.75) is 4.90 Å². The Morgan fingerprint density at radius 2 is 1.82 bits per heavy atom. The average Bonchev–Trinajstić information content (AvgIpc) is 2.61. The number of anilines is 1. The molecule has 0 fully saturated rings. The van der Waals surface area contributed by atoms with Crippen LogP contribution in [0.5, 0.6) is 0 Å². The maximum absolute atomic E-state index is 12.4. The van der Waals surface area contributed by atoms with Gasteiger partial charge in [-0.25, -0.2) is 13.2 Å². The van der Waals surface area contributed by atoms with E-state index in [4.69, 9.17) is 21.8 Å². The van der Waals surface area contributed by atoms with Gasteiger partial charge in [0.05, 0.1) is 9.82 Å². The number of aliphatic hydroxyl groups excluding tert-OH is 1. The van der Waals surface area contributed by atoms with Crippen LogP contribution in [-0.4, -0.2) is 35.3 Å². The molecule has 0 radical (unpaired) electrons. The molecule has 0 amide bonds. The molecule has 3 N–H and O–H groups in total. The molecular weight excluding hydrogens is 416 g/mol. The minimum Gasteiger partial charge on any atom is -0.502 e. The molecule has 0 bridgehead atoms. The number of rotatable bonds is 7. The van der Waals surface area contributed by atoms with Crippen LogP contribution in [0.15, 0.2) is 59.2 Å². The lowest BCUT2D eigenvalue weighted by atomic mass is 10.1. The number of aliphatic hydroxyl groups is 1. The zero-order valence-electron chi connectivity index (χ0n) is 13.7. The van der Waals surface area contributed by atoms with Gasteiger partial charge in [-0.05, 0) is 24.3 Å². The van der Waals surface area contributed by atoms with Crippen molar-refractivity contribution in [3.05, 3.63) is 75.0 Å². The molecule has 2 aromatic carbocycles. The van der Waals surface area contributed by atoms with E-state index in [1.54, 1.807) is 0 Å². The summed E-state index contributed by atoms with van der Waals surface area (Å²) >= 11 is 5.66. The van der Waals surface area contributed by atoms with E-state index in [1.807, 2.05) is 0 Å². The molecule has 10 nitrogen and oxygen atoms in total. The maximum atomic E-state index is 12.4. The number of carboxylic acid groups (broad SMARTS) is 1. The standard InChI is InChI=1S/C16H11ClN2O8S/c17-12-5-4-11(7-13(12)19(24)25)28(26,27)18-10-3-1-2-9(6-10)14(20)8-15(21)16(22)23/h1-8,18,21H,(H,22,23)/b15-8-. The van der Waals surface area contributed by atoms with Gasteiger partial charge in [-0.1, -0.05) is 23.7 Å². The van der Waals surface area contributed by atoms with Gasteiger partial charge in [0.15, 0.2) is 5.78 Å². The largest absolute Gasteiger partial charge is 0.502 e. The molecular formula is C16H11ClN2O8S. The summed E-state index contributed by atoms with van der Waals surface area (Å²) in [5, 5.41) is 28.4. The van der Waals surface area contributed by atoms with Crippen molar-refractivity contribution in [1.29, 1.82) is 0 Å². The summed E-state index contributed by atoms with van der Waals surface area (Å²) in [7, 11) is -4.25. The summed E-state index contributed by atoms with van der Waals surface area (Å²) in [6.07, 6.45) is 0.471. The Kier molecular flexibility index (Phi) is 6.01. The fourth-order valence-electron chi connectivity index (χ4n) is 2.02. The Labute approximate surface area is 162 Å². The number of carbonyl (C=O) groups is 2. The third kappa shape index (κ3) is 4.84. The SMILES string of the molecule is O=C(O)/C(O)=C/C(=O)c1cccc(NS(=O)(=O)c2ccc(Cl)c([N+](=O)[O-])c2)c1. The Morgan fingerprint density at radius 1 is 1.14 bits per heavy atom. The second kappa shape index (κ2) is 8.06. The molecule has 146 valence electrons. The summed E-state index contributed by atoms with van der Waals surface area (Å²) in [4.78, 5) is 32.2. The lowest BCUT2D eigenvalue weighted by molar-refractivity contribution is -0.384. The maximum Gasteiger partial charge on any atom is 0.371 e. The molecule has 0 atom stereocenters. The number of benzene rings is 2. The quantitative estimate of drug-likeness (QED) is 0.200. The number of halogens is 1.